The van der Waals surface area contributed by atoms with Gasteiger partial charge >= 0.3 is 0 Å². The molecule has 1 fully saturated rings. The fourth-order valence-corrected chi connectivity index (χ4v) is 7.25. The van der Waals surface area contributed by atoms with E-state index in [0.717, 1.165) is 22.3 Å². The van der Waals surface area contributed by atoms with Crippen LogP contribution in [0.4, 0.5) is 11.4 Å². The molecule has 0 spiro atoms. The van der Waals surface area contributed by atoms with E-state index in [1.807, 2.05) is 31.2 Å². The van der Waals surface area contributed by atoms with Crippen molar-refractivity contribution in [2.45, 2.75) is 18.8 Å². The number of methoxy groups -OCH3 is 2. The van der Waals surface area contributed by atoms with Crippen molar-refractivity contribution in [1.29, 1.82) is 0 Å². The molecule has 41 heavy (non-hydrogen) atoms. The van der Waals surface area contributed by atoms with Gasteiger partial charge in [-0.25, -0.2) is 4.90 Å². The van der Waals surface area contributed by atoms with E-state index >= 15 is 0 Å². The van der Waals surface area contributed by atoms with E-state index in [9.17, 15) is 14.4 Å². The zero-order valence-electron chi connectivity index (χ0n) is 22.9. The van der Waals surface area contributed by atoms with Crippen LogP contribution in [0.25, 0.3) is 0 Å². The normalized spacial score (nSPS) is 23.5. The Kier molecular flexibility index (Phi) is 5.54. The Morgan fingerprint density at radius 2 is 1.46 bits per heavy atom. The Morgan fingerprint density at radius 3 is 2.10 bits per heavy atom. The van der Waals surface area contributed by atoms with Crippen LogP contribution in [0.5, 0.6) is 11.5 Å². The van der Waals surface area contributed by atoms with Crippen LogP contribution >= 0.6 is 0 Å². The number of nitrogens with zero attached hydrogens (tertiary/aromatic N) is 1. The highest BCUT2D eigenvalue weighted by Gasteiger charge is 2.68. The first-order chi connectivity index (χ1) is 19.9. The second kappa shape index (κ2) is 9.06. The summed E-state index contributed by atoms with van der Waals surface area (Å²) >= 11 is 0. The fraction of sp³-hybridized carbons (Fsp3) is 0.206. The zero-order chi connectivity index (χ0) is 28.5. The number of ether oxygens (including phenoxy) is 2. The molecule has 4 aliphatic rings. The fourth-order valence-electron chi connectivity index (χ4n) is 7.25. The van der Waals surface area contributed by atoms with Crippen molar-refractivity contribution in [3.05, 3.63) is 119 Å². The number of amides is 3. The SMILES string of the molecule is COc1ccc(OC)c(NC(=O)c2cccc(N3C(=O)[C@@H]4C5c6ccccc6C(c6ccccc65)[C@]4(C)C3=O)c2)c1. The van der Waals surface area contributed by atoms with Gasteiger partial charge in [0, 0.05) is 23.5 Å². The zero-order valence-corrected chi connectivity index (χ0v) is 22.9. The van der Waals surface area contributed by atoms with Crippen LogP contribution < -0.4 is 19.7 Å². The lowest BCUT2D eigenvalue weighted by atomic mass is 9.48. The first-order valence-corrected chi connectivity index (χ1v) is 13.6. The van der Waals surface area contributed by atoms with Crippen molar-refractivity contribution in [3.8, 4) is 11.5 Å². The van der Waals surface area contributed by atoms with Crippen LogP contribution in [-0.4, -0.2) is 31.9 Å². The van der Waals surface area contributed by atoms with Crippen LogP contribution in [0, 0.1) is 11.3 Å². The van der Waals surface area contributed by atoms with E-state index in [0.29, 0.717) is 28.4 Å². The second-order valence-electron chi connectivity index (χ2n) is 11.0. The van der Waals surface area contributed by atoms with Gasteiger partial charge in [-0.15, -0.1) is 0 Å². The second-order valence-corrected chi connectivity index (χ2v) is 11.0. The van der Waals surface area contributed by atoms with Crippen LogP contribution in [0.15, 0.2) is 91.0 Å². The van der Waals surface area contributed by atoms with Crippen molar-refractivity contribution in [2.75, 3.05) is 24.4 Å². The number of rotatable bonds is 5. The molecule has 1 heterocycles. The van der Waals surface area contributed by atoms with Crippen molar-refractivity contribution in [3.63, 3.8) is 0 Å². The molecule has 0 unspecified atom stereocenters. The number of carbonyl (C=O) groups is 3. The van der Waals surface area contributed by atoms with Gasteiger partial charge in [0.25, 0.3) is 5.91 Å². The summed E-state index contributed by atoms with van der Waals surface area (Å²) in [5, 5.41) is 2.87. The summed E-state index contributed by atoms with van der Waals surface area (Å²) in [5.74, 6) is -0.821. The third-order valence-electron chi connectivity index (χ3n) is 9.03. The summed E-state index contributed by atoms with van der Waals surface area (Å²) in [6.07, 6.45) is 0. The summed E-state index contributed by atoms with van der Waals surface area (Å²) < 4.78 is 10.7. The Balaban J connectivity index is 1.27. The average molecular weight is 545 g/mol. The van der Waals surface area contributed by atoms with Crippen LogP contribution in [0.1, 0.15) is 51.4 Å². The summed E-state index contributed by atoms with van der Waals surface area (Å²) in [6.45, 7) is 1.94. The Hall–Kier alpha value is -4.91. The van der Waals surface area contributed by atoms with E-state index in [1.54, 1.807) is 49.6 Å². The highest BCUT2D eigenvalue weighted by Crippen LogP contribution is 2.67. The van der Waals surface area contributed by atoms with Gasteiger partial charge in [-0.1, -0.05) is 54.6 Å². The molecule has 7 nitrogen and oxygen atoms in total. The Morgan fingerprint density at radius 1 is 0.805 bits per heavy atom. The van der Waals surface area contributed by atoms with E-state index in [1.165, 1.54) is 12.0 Å². The lowest BCUT2D eigenvalue weighted by molar-refractivity contribution is -0.128. The van der Waals surface area contributed by atoms with Gasteiger partial charge in [-0.2, -0.15) is 0 Å². The van der Waals surface area contributed by atoms with Crippen molar-refractivity contribution in [1.82, 2.24) is 0 Å². The molecule has 1 aliphatic heterocycles. The van der Waals surface area contributed by atoms with Crippen molar-refractivity contribution < 1.29 is 23.9 Å². The highest BCUT2D eigenvalue weighted by atomic mass is 16.5. The van der Waals surface area contributed by atoms with E-state index in [4.69, 9.17) is 9.47 Å². The first-order valence-electron chi connectivity index (χ1n) is 13.6. The minimum absolute atomic E-state index is 0.217. The molecule has 8 rings (SSSR count). The highest BCUT2D eigenvalue weighted by molar-refractivity contribution is 6.25. The molecular weight excluding hydrogens is 516 g/mol. The monoisotopic (exact) mass is 544 g/mol. The molecule has 0 saturated carbocycles. The third-order valence-corrected chi connectivity index (χ3v) is 9.03. The summed E-state index contributed by atoms with van der Waals surface area (Å²) in [7, 11) is 3.06. The molecular formula is C34H28N2O5. The molecule has 1 saturated heterocycles. The maximum atomic E-state index is 14.4. The number of nitrogens with one attached hydrogen (secondary N) is 1. The molecule has 3 amide bonds. The van der Waals surface area contributed by atoms with Crippen molar-refractivity contribution in [2.24, 2.45) is 11.3 Å². The predicted molar refractivity (Wildman–Crippen MR) is 155 cm³/mol. The smallest absolute Gasteiger partial charge is 0.255 e. The number of hydrogen-bond acceptors (Lipinski definition) is 5. The van der Waals surface area contributed by atoms with Gasteiger partial charge in [-0.05, 0) is 59.5 Å². The van der Waals surface area contributed by atoms with E-state index in [-0.39, 0.29) is 23.7 Å². The van der Waals surface area contributed by atoms with Crippen LogP contribution in [-0.2, 0) is 9.59 Å². The molecule has 0 aromatic heterocycles. The molecule has 4 aromatic rings. The lowest BCUT2D eigenvalue weighted by Crippen LogP contribution is -2.49. The van der Waals surface area contributed by atoms with Gasteiger partial charge in [0.05, 0.1) is 36.9 Å². The standard InChI is InChI=1S/C34H28N2O5/c1-34-29-24-13-6-4-11-22(24)28(23-12-5-7-14-25(23)29)30(34)32(38)36(33(34)39)20-10-8-9-19(17-20)31(37)35-26-18-21(40-2)15-16-27(26)41-3/h4-18,28-30H,1-3H3,(H,35,37)/t28?,29?,30-,34-/m0/s1. The lowest BCUT2D eigenvalue weighted by Gasteiger charge is -2.51. The molecule has 0 radical (unpaired) electrons. The Labute approximate surface area is 237 Å². The number of carbonyl (C=O) groups excluding carboxylic acids is 3. The quantitative estimate of drug-likeness (QED) is 0.324. The van der Waals surface area contributed by atoms with Gasteiger partial charge < -0.3 is 14.8 Å². The number of anilines is 2. The van der Waals surface area contributed by atoms with Crippen LogP contribution in [0.2, 0.25) is 0 Å². The van der Waals surface area contributed by atoms with E-state index < -0.39 is 17.2 Å². The maximum absolute atomic E-state index is 14.4. The molecule has 2 atom stereocenters. The minimum Gasteiger partial charge on any atom is -0.497 e. The summed E-state index contributed by atoms with van der Waals surface area (Å²) in [4.78, 5) is 43.3. The largest absolute Gasteiger partial charge is 0.497 e. The number of hydrogen-bond donors (Lipinski definition) is 1. The first kappa shape index (κ1) is 25.1. The summed E-state index contributed by atoms with van der Waals surface area (Å²) in [5.41, 5.74) is 4.63. The average Bonchev–Trinajstić information content (AvgIpc) is 3.21. The molecule has 3 aliphatic carbocycles. The predicted octanol–water partition coefficient (Wildman–Crippen LogP) is 5.74. The van der Waals surface area contributed by atoms with Crippen LogP contribution in [0.3, 0.4) is 0 Å². The third kappa shape index (κ3) is 3.41. The Bertz CT molecular complexity index is 1720. The molecule has 204 valence electrons. The topological polar surface area (TPSA) is 84.9 Å². The van der Waals surface area contributed by atoms with E-state index in [2.05, 4.69) is 29.6 Å². The van der Waals surface area contributed by atoms with Gasteiger partial charge in [0.2, 0.25) is 11.8 Å². The number of imide groups is 1. The minimum atomic E-state index is -0.948. The molecule has 2 bridgehead atoms. The van der Waals surface area contributed by atoms with Crippen molar-refractivity contribution >= 4 is 29.1 Å². The number of benzene rings is 4. The van der Waals surface area contributed by atoms with Gasteiger partial charge in [0.1, 0.15) is 11.5 Å². The maximum Gasteiger partial charge on any atom is 0.255 e. The van der Waals surface area contributed by atoms with Gasteiger partial charge in [-0.3, -0.25) is 14.4 Å². The summed E-state index contributed by atoms with van der Waals surface area (Å²) in [6, 6.07) is 28.1. The molecule has 4 aromatic carbocycles. The molecule has 7 heteroatoms. The van der Waals surface area contributed by atoms with Gasteiger partial charge in [0.15, 0.2) is 0 Å². The molecule has 1 N–H and O–H groups in total.